The molecule has 0 saturated heterocycles. The Morgan fingerprint density at radius 3 is 2.40 bits per heavy atom. The van der Waals surface area contributed by atoms with Crippen LogP contribution in [-0.4, -0.2) is 21.3 Å². The molecule has 3 heteroatoms. The Morgan fingerprint density at radius 1 is 1.20 bits per heavy atom. The second-order valence-corrected chi connectivity index (χ2v) is 6.84. The molecule has 0 aliphatic heterocycles. The van der Waals surface area contributed by atoms with Gasteiger partial charge in [0.2, 0.25) is 0 Å². The van der Waals surface area contributed by atoms with Crippen molar-refractivity contribution in [1.29, 1.82) is 0 Å². The fourth-order valence-electron chi connectivity index (χ4n) is 2.26. The molecule has 1 aliphatic rings. The molecule has 1 aliphatic carbocycles. The SMILES string of the molecule is CC(C)CS(=O)C1CCCCCCC1N. The molecule has 3 unspecified atom stereocenters. The van der Waals surface area contributed by atoms with Gasteiger partial charge in [-0.25, -0.2) is 0 Å². The Labute approximate surface area is 96.5 Å². The number of nitrogens with two attached hydrogens (primary N) is 1. The molecule has 0 aromatic carbocycles. The first-order valence-corrected chi connectivity index (χ1v) is 7.62. The van der Waals surface area contributed by atoms with Crippen LogP contribution in [0.5, 0.6) is 0 Å². The van der Waals surface area contributed by atoms with Gasteiger partial charge in [-0.1, -0.05) is 39.5 Å². The molecule has 15 heavy (non-hydrogen) atoms. The van der Waals surface area contributed by atoms with E-state index in [4.69, 9.17) is 5.73 Å². The van der Waals surface area contributed by atoms with E-state index >= 15 is 0 Å². The summed E-state index contributed by atoms with van der Waals surface area (Å²) in [4.78, 5) is 0. The van der Waals surface area contributed by atoms with Crippen LogP contribution in [0.15, 0.2) is 0 Å². The van der Waals surface area contributed by atoms with Crippen molar-refractivity contribution in [2.45, 2.75) is 63.7 Å². The van der Waals surface area contributed by atoms with E-state index in [9.17, 15) is 4.21 Å². The summed E-state index contributed by atoms with van der Waals surface area (Å²) in [6, 6.07) is 0.171. The Hall–Kier alpha value is 0.110. The lowest BCUT2D eigenvalue weighted by Crippen LogP contribution is -2.39. The Balaban J connectivity index is 2.50. The average Bonchev–Trinajstić information content (AvgIpc) is 2.10. The van der Waals surface area contributed by atoms with Crippen molar-refractivity contribution in [1.82, 2.24) is 0 Å². The molecule has 0 spiro atoms. The first kappa shape index (κ1) is 13.2. The van der Waals surface area contributed by atoms with Gasteiger partial charge in [-0.05, 0) is 18.8 Å². The maximum atomic E-state index is 12.1. The number of hydrogen-bond acceptors (Lipinski definition) is 2. The van der Waals surface area contributed by atoms with Gasteiger partial charge in [0, 0.05) is 27.8 Å². The van der Waals surface area contributed by atoms with Gasteiger partial charge in [0.25, 0.3) is 0 Å². The van der Waals surface area contributed by atoms with E-state index in [1.807, 2.05) is 0 Å². The summed E-state index contributed by atoms with van der Waals surface area (Å²) in [5, 5.41) is 0.257. The smallest absolute Gasteiger partial charge is 0.0499 e. The molecular weight excluding hydrogens is 206 g/mol. The molecule has 3 atom stereocenters. The molecule has 1 saturated carbocycles. The minimum Gasteiger partial charge on any atom is -0.327 e. The lowest BCUT2D eigenvalue weighted by atomic mass is 9.97. The highest BCUT2D eigenvalue weighted by Crippen LogP contribution is 2.21. The maximum Gasteiger partial charge on any atom is 0.0499 e. The zero-order chi connectivity index (χ0) is 11.3. The van der Waals surface area contributed by atoms with E-state index in [2.05, 4.69) is 13.8 Å². The molecule has 0 heterocycles. The fraction of sp³-hybridized carbons (Fsp3) is 1.00. The number of rotatable bonds is 3. The number of hydrogen-bond donors (Lipinski definition) is 1. The Morgan fingerprint density at radius 2 is 1.80 bits per heavy atom. The molecule has 0 aromatic heterocycles. The standard InChI is InChI=1S/C12H25NOS/c1-10(2)9-15(14)12-8-6-4-3-5-7-11(12)13/h10-12H,3-9,13H2,1-2H3. The lowest BCUT2D eigenvalue weighted by Gasteiger charge is -2.26. The summed E-state index contributed by atoms with van der Waals surface area (Å²) in [6.07, 6.45) is 7.16. The van der Waals surface area contributed by atoms with Crippen molar-refractivity contribution in [3.8, 4) is 0 Å². The van der Waals surface area contributed by atoms with Crippen molar-refractivity contribution in [3.05, 3.63) is 0 Å². The van der Waals surface area contributed by atoms with Crippen molar-refractivity contribution < 1.29 is 4.21 Å². The van der Waals surface area contributed by atoms with Gasteiger partial charge < -0.3 is 5.73 Å². The van der Waals surface area contributed by atoms with Gasteiger partial charge >= 0.3 is 0 Å². The second kappa shape index (κ2) is 6.64. The lowest BCUT2D eigenvalue weighted by molar-refractivity contribution is 0.455. The van der Waals surface area contributed by atoms with Gasteiger partial charge in [0.1, 0.15) is 0 Å². The molecule has 2 nitrogen and oxygen atoms in total. The normalized spacial score (nSPS) is 30.9. The highest BCUT2D eigenvalue weighted by molar-refractivity contribution is 7.85. The molecule has 0 aromatic rings. The fourth-order valence-corrected chi connectivity index (χ4v) is 4.12. The summed E-state index contributed by atoms with van der Waals surface area (Å²) < 4.78 is 12.1. The highest BCUT2D eigenvalue weighted by atomic mass is 32.2. The van der Waals surface area contributed by atoms with Crippen molar-refractivity contribution in [2.24, 2.45) is 11.7 Å². The van der Waals surface area contributed by atoms with Gasteiger partial charge in [-0.2, -0.15) is 0 Å². The zero-order valence-corrected chi connectivity index (χ0v) is 10.9. The predicted molar refractivity (Wildman–Crippen MR) is 67.3 cm³/mol. The monoisotopic (exact) mass is 231 g/mol. The van der Waals surface area contributed by atoms with Crippen LogP contribution in [0.4, 0.5) is 0 Å². The van der Waals surface area contributed by atoms with Crippen molar-refractivity contribution >= 4 is 10.8 Å². The summed E-state index contributed by atoms with van der Waals surface area (Å²) in [7, 11) is -0.710. The zero-order valence-electron chi connectivity index (χ0n) is 10.1. The van der Waals surface area contributed by atoms with E-state index in [1.165, 1.54) is 25.7 Å². The molecule has 0 amide bonds. The van der Waals surface area contributed by atoms with Crippen LogP contribution in [0.2, 0.25) is 0 Å². The van der Waals surface area contributed by atoms with Crippen LogP contribution < -0.4 is 5.73 Å². The summed E-state index contributed by atoms with van der Waals surface area (Å²) in [5.41, 5.74) is 6.13. The molecular formula is C12H25NOS. The summed E-state index contributed by atoms with van der Waals surface area (Å²) >= 11 is 0. The van der Waals surface area contributed by atoms with Crippen LogP contribution in [0, 0.1) is 5.92 Å². The van der Waals surface area contributed by atoms with Gasteiger partial charge in [0.15, 0.2) is 0 Å². The predicted octanol–water partition coefficient (Wildman–Crippen LogP) is 2.44. The third kappa shape index (κ3) is 4.64. The maximum absolute atomic E-state index is 12.1. The van der Waals surface area contributed by atoms with Gasteiger partial charge in [-0.3, -0.25) is 4.21 Å². The largest absolute Gasteiger partial charge is 0.327 e. The van der Waals surface area contributed by atoms with Crippen LogP contribution in [0.3, 0.4) is 0 Å². The van der Waals surface area contributed by atoms with E-state index < -0.39 is 10.8 Å². The first-order valence-electron chi connectivity index (χ1n) is 6.24. The molecule has 0 radical (unpaired) electrons. The van der Waals surface area contributed by atoms with E-state index in [0.717, 1.165) is 18.6 Å². The van der Waals surface area contributed by atoms with E-state index in [0.29, 0.717) is 5.92 Å². The summed E-state index contributed by atoms with van der Waals surface area (Å²) in [5.74, 6) is 1.33. The van der Waals surface area contributed by atoms with Crippen LogP contribution in [0.1, 0.15) is 52.4 Å². The molecule has 1 fully saturated rings. The Kier molecular flexibility index (Phi) is 5.83. The molecule has 2 N–H and O–H groups in total. The van der Waals surface area contributed by atoms with Crippen molar-refractivity contribution in [2.75, 3.05) is 5.75 Å². The highest BCUT2D eigenvalue weighted by Gasteiger charge is 2.25. The minimum absolute atomic E-state index is 0.171. The quantitative estimate of drug-likeness (QED) is 0.810. The second-order valence-electron chi connectivity index (χ2n) is 5.14. The first-order chi connectivity index (χ1) is 7.11. The van der Waals surface area contributed by atoms with E-state index in [1.54, 1.807) is 0 Å². The van der Waals surface area contributed by atoms with Gasteiger partial charge in [-0.15, -0.1) is 0 Å². The van der Waals surface area contributed by atoms with Gasteiger partial charge in [0.05, 0.1) is 0 Å². The molecule has 0 bridgehead atoms. The van der Waals surface area contributed by atoms with Crippen molar-refractivity contribution in [3.63, 3.8) is 0 Å². The molecule has 1 rings (SSSR count). The van der Waals surface area contributed by atoms with E-state index in [-0.39, 0.29) is 11.3 Å². The van der Waals surface area contributed by atoms with Crippen LogP contribution in [-0.2, 0) is 10.8 Å². The Bertz CT molecular complexity index is 206. The third-order valence-corrected chi connectivity index (χ3v) is 5.34. The summed E-state index contributed by atoms with van der Waals surface area (Å²) in [6.45, 7) is 4.26. The topological polar surface area (TPSA) is 43.1 Å². The molecule has 90 valence electrons. The average molecular weight is 231 g/mol. The van der Waals surface area contributed by atoms with Crippen LogP contribution in [0.25, 0.3) is 0 Å². The minimum atomic E-state index is -0.710. The van der Waals surface area contributed by atoms with Crippen LogP contribution >= 0.6 is 0 Å². The third-order valence-electron chi connectivity index (χ3n) is 3.09.